The number of amides is 2. The molecule has 2 aromatic carbocycles. The predicted octanol–water partition coefficient (Wildman–Crippen LogP) is 2.77. The molecule has 0 fully saturated rings. The van der Waals surface area contributed by atoms with Gasteiger partial charge in [0.25, 0.3) is 5.91 Å². The van der Waals surface area contributed by atoms with Gasteiger partial charge in [-0.15, -0.1) is 0 Å². The first-order valence-electron chi connectivity index (χ1n) is 7.85. The number of rotatable bonds is 6. The summed E-state index contributed by atoms with van der Waals surface area (Å²) in [5, 5.41) is 5.43. The SMILES string of the molecule is COc1cc(C(=O)NC(C)C(=O)Nc2ccccc2)cc(OC)c1C. The standard InChI is InChI=1S/C19H22N2O4/c1-12-16(24-3)10-14(11-17(12)25-4)19(23)20-13(2)18(22)21-15-8-6-5-7-9-15/h5-11,13H,1-4H3,(H,20,23)(H,21,22). The fourth-order valence-corrected chi connectivity index (χ4v) is 2.33. The molecule has 132 valence electrons. The molecule has 2 aromatic rings. The molecule has 1 unspecified atom stereocenters. The topological polar surface area (TPSA) is 76.7 Å². The third kappa shape index (κ3) is 4.50. The first-order chi connectivity index (χ1) is 12.0. The molecule has 0 spiro atoms. The van der Waals surface area contributed by atoms with Crippen molar-refractivity contribution in [2.24, 2.45) is 0 Å². The maximum atomic E-state index is 12.5. The van der Waals surface area contributed by atoms with Crippen molar-refractivity contribution in [3.63, 3.8) is 0 Å². The molecule has 0 aromatic heterocycles. The van der Waals surface area contributed by atoms with E-state index in [4.69, 9.17) is 9.47 Å². The second-order valence-electron chi connectivity index (χ2n) is 5.56. The van der Waals surface area contributed by atoms with Crippen molar-refractivity contribution >= 4 is 17.5 Å². The lowest BCUT2D eigenvalue weighted by molar-refractivity contribution is -0.117. The molecule has 2 rings (SSSR count). The van der Waals surface area contributed by atoms with Crippen LogP contribution >= 0.6 is 0 Å². The van der Waals surface area contributed by atoms with E-state index in [-0.39, 0.29) is 11.8 Å². The third-order valence-electron chi connectivity index (χ3n) is 3.80. The van der Waals surface area contributed by atoms with E-state index in [1.807, 2.05) is 25.1 Å². The Hall–Kier alpha value is -3.02. The summed E-state index contributed by atoms with van der Waals surface area (Å²) in [7, 11) is 3.05. The summed E-state index contributed by atoms with van der Waals surface area (Å²) in [6, 6.07) is 11.6. The normalized spacial score (nSPS) is 11.4. The Bertz CT molecular complexity index is 734. The number of hydrogen-bond donors (Lipinski definition) is 2. The van der Waals surface area contributed by atoms with E-state index in [1.165, 1.54) is 14.2 Å². The van der Waals surface area contributed by atoms with Gasteiger partial charge in [-0.05, 0) is 38.1 Å². The van der Waals surface area contributed by atoms with Crippen molar-refractivity contribution in [2.45, 2.75) is 19.9 Å². The number of nitrogens with one attached hydrogen (secondary N) is 2. The molecule has 0 bridgehead atoms. The number of para-hydroxylation sites is 1. The van der Waals surface area contributed by atoms with Crippen LogP contribution in [0.4, 0.5) is 5.69 Å². The van der Waals surface area contributed by atoms with E-state index in [0.29, 0.717) is 22.7 Å². The average Bonchev–Trinajstić information content (AvgIpc) is 2.62. The second-order valence-corrected chi connectivity index (χ2v) is 5.56. The Balaban J connectivity index is 2.09. The van der Waals surface area contributed by atoms with Crippen molar-refractivity contribution in [3.8, 4) is 11.5 Å². The van der Waals surface area contributed by atoms with E-state index >= 15 is 0 Å². The molecule has 0 aliphatic rings. The van der Waals surface area contributed by atoms with Gasteiger partial charge in [0, 0.05) is 16.8 Å². The number of carbonyl (C=O) groups excluding carboxylic acids is 2. The molecule has 2 amide bonds. The molecule has 0 saturated carbocycles. The van der Waals surface area contributed by atoms with Gasteiger partial charge < -0.3 is 20.1 Å². The van der Waals surface area contributed by atoms with Crippen LogP contribution in [0.2, 0.25) is 0 Å². The minimum Gasteiger partial charge on any atom is -0.496 e. The molecule has 0 heterocycles. The van der Waals surface area contributed by atoms with Gasteiger partial charge in [-0.25, -0.2) is 0 Å². The van der Waals surface area contributed by atoms with Gasteiger partial charge in [-0.3, -0.25) is 9.59 Å². The van der Waals surface area contributed by atoms with Gasteiger partial charge in [0.15, 0.2) is 0 Å². The minimum atomic E-state index is -0.703. The molecule has 0 aliphatic carbocycles. The molecular formula is C19H22N2O4. The van der Waals surface area contributed by atoms with Gasteiger partial charge in [-0.2, -0.15) is 0 Å². The first kappa shape index (κ1) is 18.3. The molecule has 0 saturated heterocycles. The Kier molecular flexibility index (Phi) is 6.00. The van der Waals surface area contributed by atoms with Crippen LogP contribution in [-0.4, -0.2) is 32.1 Å². The van der Waals surface area contributed by atoms with E-state index < -0.39 is 6.04 Å². The van der Waals surface area contributed by atoms with Crippen molar-refractivity contribution < 1.29 is 19.1 Å². The lowest BCUT2D eigenvalue weighted by Crippen LogP contribution is -2.41. The van der Waals surface area contributed by atoms with Crippen LogP contribution in [0.15, 0.2) is 42.5 Å². The van der Waals surface area contributed by atoms with Crippen LogP contribution in [0.1, 0.15) is 22.8 Å². The quantitative estimate of drug-likeness (QED) is 0.846. The second kappa shape index (κ2) is 8.19. The monoisotopic (exact) mass is 342 g/mol. The van der Waals surface area contributed by atoms with E-state index in [0.717, 1.165) is 5.56 Å². The Morgan fingerprint density at radius 1 is 1.00 bits per heavy atom. The number of hydrogen-bond acceptors (Lipinski definition) is 4. The van der Waals surface area contributed by atoms with Crippen molar-refractivity contribution in [3.05, 3.63) is 53.6 Å². The smallest absolute Gasteiger partial charge is 0.252 e. The van der Waals surface area contributed by atoms with Gasteiger partial charge in [-0.1, -0.05) is 18.2 Å². The van der Waals surface area contributed by atoms with E-state index in [1.54, 1.807) is 31.2 Å². The fraction of sp³-hybridized carbons (Fsp3) is 0.263. The predicted molar refractivity (Wildman–Crippen MR) is 96.3 cm³/mol. The van der Waals surface area contributed by atoms with Crippen molar-refractivity contribution in [1.29, 1.82) is 0 Å². The molecule has 6 heteroatoms. The van der Waals surface area contributed by atoms with Crippen LogP contribution in [0, 0.1) is 6.92 Å². The Labute approximate surface area is 147 Å². The largest absolute Gasteiger partial charge is 0.496 e. The van der Waals surface area contributed by atoms with Crippen LogP contribution in [-0.2, 0) is 4.79 Å². The van der Waals surface area contributed by atoms with Crippen LogP contribution in [0.5, 0.6) is 11.5 Å². The number of benzene rings is 2. The van der Waals surface area contributed by atoms with E-state index in [2.05, 4.69) is 10.6 Å². The average molecular weight is 342 g/mol. The molecule has 1 atom stereocenters. The molecular weight excluding hydrogens is 320 g/mol. The summed E-state index contributed by atoms with van der Waals surface area (Å²) >= 11 is 0. The van der Waals surface area contributed by atoms with Crippen molar-refractivity contribution in [1.82, 2.24) is 5.32 Å². The summed E-state index contributed by atoms with van der Waals surface area (Å²) in [5.74, 6) is 0.412. The molecule has 0 aliphatic heterocycles. The van der Waals surface area contributed by atoms with Gasteiger partial charge in [0.05, 0.1) is 14.2 Å². The molecule has 2 N–H and O–H groups in total. The van der Waals surface area contributed by atoms with Crippen LogP contribution in [0.25, 0.3) is 0 Å². The third-order valence-corrected chi connectivity index (χ3v) is 3.80. The highest BCUT2D eigenvalue weighted by Gasteiger charge is 2.19. The minimum absolute atomic E-state index is 0.300. The molecule has 0 radical (unpaired) electrons. The lowest BCUT2D eigenvalue weighted by atomic mass is 10.1. The summed E-state index contributed by atoms with van der Waals surface area (Å²) in [5.41, 5.74) is 1.84. The summed E-state index contributed by atoms with van der Waals surface area (Å²) in [4.78, 5) is 24.7. The number of methoxy groups -OCH3 is 2. The summed E-state index contributed by atoms with van der Waals surface area (Å²) in [6.07, 6.45) is 0. The zero-order valence-corrected chi connectivity index (χ0v) is 14.8. The highest BCUT2D eigenvalue weighted by Crippen LogP contribution is 2.29. The Morgan fingerprint density at radius 2 is 1.56 bits per heavy atom. The summed E-state index contributed by atoms with van der Waals surface area (Å²) in [6.45, 7) is 3.47. The zero-order chi connectivity index (χ0) is 18.4. The maximum Gasteiger partial charge on any atom is 0.252 e. The Morgan fingerprint density at radius 3 is 2.08 bits per heavy atom. The first-order valence-corrected chi connectivity index (χ1v) is 7.85. The molecule has 6 nitrogen and oxygen atoms in total. The maximum absolute atomic E-state index is 12.5. The zero-order valence-electron chi connectivity index (χ0n) is 14.8. The van der Waals surface area contributed by atoms with Crippen LogP contribution in [0.3, 0.4) is 0 Å². The van der Waals surface area contributed by atoms with Gasteiger partial charge in [0.2, 0.25) is 5.91 Å². The number of ether oxygens (including phenoxy) is 2. The number of anilines is 1. The van der Waals surface area contributed by atoms with Gasteiger partial charge >= 0.3 is 0 Å². The highest BCUT2D eigenvalue weighted by molar-refractivity contribution is 6.01. The van der Waals surface area contributed by atoms with Crippen molar-refractivity contribution in [2.75, 3.05) is 19.5 Å². The van der Waals surface area contributed by atoms with Crippen LogP contribution < -0.4 is 20.1 Å². The molecule has 25 heavy (non-hydrogen) atoms. The summed E-state index contributed by atoms with van der Waals surface area (Å²) < 4.78 is 10.5. The van der Waals surface area contributed by atoms with Gasteiger partial charge in [0.1, 0.15) is 17.5 Å². The highest BCUT2D eigenvalue weighted by atomic mass is 16.5. The fourth-order valence-electron chi connectivity index (χ4n) is 2.33. The van der Waals surface area contributed by atoms with E-state index in [9.17, 15) is 9.59 Å². The number of carbonyl (C=O) groups is 2. The lowest BCUT2D eigenvalue weighted by Gasteiger charge is -2.16.